The Bertz CT molecular complexity index is 459. The Kier molecular flexibility index (Phi) is 3.30. The molecule has 1 saturated heterocycles. The molecular formula is C12H12F3NO2. The van der Waals surface area contributed by atoms with Gasteiger partial charge in [-0.05, 0) is 18.6 Å². The van der Waals surface area contributed by atoms with Crippen LogP contribution in [-0.2, 0) is 22.3 Å². The molecule has 0 radical (unpaired) electrons. The van der Waals surface area contributed by atoms with Gasteiger partial charge in [0.25, 0.3) is 5.91 Å². The van der Waals surface area contributed by atoms with E-state index in [2.05, 4.69) is 5.32 Å². The second kappa shape index (κ2) is 4.61. The summed E-state index contributed by atoms with van der Waals surface area (Å²) in [6.07, 6.45) is -5.09. The molecule has 1 aromatic carbocycles. The van der Waals surface area contributed by atoms with Crippen LogP contribution in [0.3, 0.4) is 0 Å². The van der Waals surface area contributed by atoms with Gasteiger partial charge in [0.05, 0.1) is 11.7 Å². The van der Waals surface area contributed by atoms with E-state index in [0.717, 1.165) is 6.07 Å². The molecule has 1 aromatic rings. The standard InChI is InChI=1S/C12H12F3NO2/c1-7-10(18-7)11(17)16-6-8-4-2-3-5-9(8)12(13,14)15/h2-5,7,10H,6H2,1H3,(H,16,17)/t7-,10+/m0/s1. The molecular weight excluding hydrogens is 247 g/mol. The van der Waals surface area contributed by atoms with Crippen LogP contribution in [0.25, 0.3) is 0 Å². The molecule has 1 heterocycles. The molecule has 2 atom stereocenters. The second-order valence-electron chi connectivity index (χ2n) is 4.13. The van der Waals surface area contributed by atoms with E-state index >= 15 is 0 Å². The first kappa shape index (κ1) is 12.9. The van der Waals surface area contributed by atoms with E-state index in [9.17, 15) is 18.0 Å². The number of hydrogen-bond acceptors (Lipinski definition) is 2. The third kappa shape index (κ3) is 2.81. The molecule has 1 aliphatic rings. The molecule has 0 bridgehead atoms. The lowest BCUT2D eigenvalue weighted by Crippen LogP contribution is -2.29. The van der Waals surface area contributed by atoms with Crippen molar-refractivity contribution in [2.75, 3.05) is 0 Å². The number of halogens is 3. The van der Waals surface area contributed by atoms with Crippen molar-refractivity contribution in [2.45, 2.75) is 31.9 Å². The van der Waals surface area contributed by atoms with Gasteiger partial charge in [0.15, 0.2) is 6.10 Å². The molecule has 1 amide bonds. The minimum atomic E-state index is -4.41. The number of hydrogen-bond donors (Lipinski definition) is 1. The predicted octanol–water partition coefficient (Wildman–Crippen LogP) is 2.11. The smallest absolute Gasteiger partial charge is 0.359 e. The van der Waals surface area contributed by atoms with Crippen molar-refractivity contribution in [3.63, 3.8) is 0 Å². The first-order valence-electron chi connectivity index (χ1n) is 5.48. The molecule has 6 heteroatoms. The van der Waals surface area contributed by atoms with Crippen molar-refractivity contribution in [1.82, 2.24) is 5.32 Å². The Morgan fingerprint density at radius 2 is 2.00 bits per heavy atom. The maximum absolute atomic E-state index is 12.7. The van der Waals surface area contributed by atoms with Crippen LogP contribution in [0.2, 0.25) is 0 Å². The third-order valence-electron chi connectivity index (χ3n) is 2.75. The number of nitrogens with one attached hydrogen (secondary N) is 1. The summed E-state index contributed by atoms with van der Waals surface area (Å²) < 4.78 is 42.9. The number of ether oxygens (including phenoxy) is 1. The summed E-state index contributed by atoms with van der Waals surface area (Å²) in [5, 5.41) is 2.44. The van der Waals surface area contributed by atoms with Gasteiger partial charge in [-0.25, -0.2) is 0 Å². The summed E-state index contributed by atoms with van der Waals surface area (Å²) in [7, 11) is 0. The second-order valence-corrected chi connectivity index (χ2v) is 4.13. The first-order chi connectivity index (χ1) is 8.39. The van der Waals surface area contributed by atoms with Crippen LogP contribution < -0.4 is 5.32 Å². The first-order valence-corrected chi connectivity index (χ1v) is 5.48. The van der Waals surface area contributed by atoms with Gasteiger partial charge >= 0.3 is 6.18 Å². The minimum absolute atomic E-state index is 0.0478. The SMILES string of the molecule is C[C@@H]1O[C@H]1C(=O)NCc1ccccc1C(F)(F)F. The van der Waals surface area contributed by atoms with Gasteiger partial charge in [0, 0.05) is 6.54 Å². The van der Waals surface area contributed by atoms with Crippen LogP contribution in [0.4, 0.5) is 13.2 Å². The van der Waals surface area contributed by atoms with Crippen molar-refractivity contribution < 1.29 is 22.7 Å². The van der Waals surface area contributed by atoms with Crippen LogP contribution in [0, 0.1) is 0 Å². The summed E-state index contributed by atoms with van der Waals surface area (Å²) in [5.74, 6) is -0.375. The van der Waals surface area contributed by atoms with Crippen LogP contribution >= 0.6 is 0 Å². The van der Waals surface area contributed by atoms with Crippen LogP contribution in [0.5, 0.6) is 0 Å². The molecule has 0 saturated carbocycles. The van der Waals surface area contributed by atoms with Crippen LogP contribution in [0.15, 0.2) is 24.3 Å². The normalized spacial score (nSPS) is 22.7. The lowest BCUT2D eigenvalue weighted by molar-refractivity contribution is -0.138. The van der Waals surface area contributed by atoms with Gasteiger partial charge in [-0.15, -0.1) is 0 Å². The highest BCUT2D eigenvalue weighted by Crippen LogP contribution is 2.31. The topological polar surface area (TPSA) is 41.6 Å². The molecule has 98 valence electrons. The molecule has 0 unspecified atom stereocenters. The van der Waals surface area contributed by atoms with E-state index in [4.69, 9.17) is 4.74 Å². The number of carbonyl (C=O) groups excluding carboxylic acids is 1. The van der Waals surface area contributed by atoms with Gasteiger partial charge < -0.3 is 10.1 Å². The zero-order valence-corrected chi connectivity index (χ0v) is 9.62. The number of epoxide rings is 1. The highest BCUT2D eigenvalue weighted by molar-refractivity contribution is 5.83. The predicted molar refractivity (Wildman–Crippen MR) is 57.6 cm³/mol. The number of carbonyl (C=O) groups is 1. The number of benzene rings is 1. The lowest BCUT2D eigenvalue weighted by Gasteiger charge is -2.12. The monoisotopic (exact) mass is 259 g/mol. The quantitative estimate of drug-likeness (QED) is 0.845. The summed E-state index contributed by atoms with van der Waals surface area (Å²) in [5.41, 5.74) is -0.679. The highest BCUT2D eigenvalue weighted by atomic mass is 19.4. The molecule has 1 fully saturated rings. The van der Waals surface area contributed by atoms with E-state index < -0.39 is 17.8 Å². The fourth-order valence-corrected chi connectivity index (χ4v) is 1.69. The van der Waals surface area contributed by atoms with Crippen LogP contribution in [-0.4, -0.2) is 18.1 Å². The number of alkyl halides is 3. The van der Waals surface area contributed by atoms with Crippen molar-refractivity contribution in [2.24, 2.45) is 0 Å². The molecule has 1 aliphatic heterocycles. The largest absolute Gasteiger partial charge is 0.416 e. The molecule has 0 spiro atoms. The van der Waals surface area contributed by atoms with Crippen LogP contribution in [0.1, 0.15) is 18.1 Å². The van der Waals surface area contributed by atoms with Gasteiger partial charge in [-0.2, -0.15) is 13.2 Å². The Balaban J connectivity index is 2.03. The molecule has 1 N–H and O–H groups in total. The summed E-state index contributed by atoms with van der Waals surface area (Å²) in [4.78, 5) is 11.4. The average molecular weight is 259 g/mol. The van der Waals surface area contributed by atoms with Crippen molar-refractivity contribution in [3.05, 3.63) is 35.4 Å². The molecule has 0 aliphatic carbocycles. The van der Waals surface area contributed by atoms with E-state index in [1.165, 1.54) is 18.2 Å². The maximum Gasteiger partial charge on any atom is 0.416 e. The van der Waals surface area contributed by atoms with E-state index in [1.807, 2.05) is 0 Å². The van der Waals surface area contributed by atoms with Gasteiger partial charge in [0.2, 0.25) is 0 Å². The van der Waals surface area contributed by atoms with Gasteiger partial charge in [0.1, 0.15) is 0 Å². The zero-order chi connectivity index (χ0) is 13.3. The maximum atomic E-state index is 12.7. The van der Waals surface area contributed by atoms with E-state index in [1.54, 1.807) is 6.92 Å². The van der Waals surface area contributed by atoms with Gasteiger partial charge in [-0.3, -0.25) is 4.79 Å². The Hall–Kier alpha value is -1.56. The summed E-state index contributed by atoms with van der Waals surface area (Å²) in [6.45, 7) is 1.58. The Morgan fingerprint density at radius 3 is 2.56 bits per heavy atom. The van der Waals surface area contributed by atoms with Crippen molar-refractivity contribution in [1.29, 1.82) is 0 Å². The Morgan fingerprint density at radius 1 is 1.39 bits per heavy atom. The summed E-state index contributed by atoms with van der Waals surface area (Å²) >= 11 is 0. The van der Waals surface area contributed by atoms with E-state index in [-0.39, 0.29) is 24.1 Å². The van der Waals surface area contributed by atoms with Gasteiger partial charge in [-0.1, -0.05) is 18.2 Å². The third-order valence-corrected chi connectivity index (χ3v) is 2.75. The average Bonchev–Trinajstić information content (AvgIpc) is 3.02. The molecule has 18 heavy (non-hydrogen) atoms. The minimum Gasteiger partial charge on any atom is -0.359 e. The molecule has 3 nitrogen and oxygen atoms in total. The molecule has 2 rings (SSSR count). The lowest BCUT2D eigenvalue weighted by atomic mass is 10.1. The fraction of sp³-hybridized carbons (Fsp3) is 0.417. The summed E-state index contributed by atoms with van der Waals surface area (Å²) in [6, 6.07) is 5.17. The molecule has 0 aromatic heterocycles. The van der Waals surface area contributed by atoms with Crippen molar-refractivity contribution in [3.8, 4) is 0 Å². The number of rotatable bonds is 3. The fourth-order valence-electron chi connectivity index (χ4n) is 1.69. The Labute approximate surface area is 102 Å². The van der Waals surface area contributed by atoms with E-state index in [0.29, 0.717) is 0 Å². The zero-order valence-electron chi connectivity index (χ0n) is 9.62. The van der Waals surface area contributed by atoms with Crippen molar-refractivity contribution >= 4 is 5.91 Å². The number of amides is 1. The highest BCUT2D eigenvalue weighted by Gasteiger charge is 2.41.